The number of carbonyl (C=O) groups is 2. The molecule has 120 valence electrons. The van der Waals surface area contributed by atoms with Crippen molar-refractivity contribution >= 4 is 39.3 Å². The number of hydrazine groups is 1. The lowest BCUT2D eigenvalue weighted by Crippen LogP contribution is -2.42. The topological polar surface area (TPSA) is 67.4 Å². The lowest BCUT2D eigenvalue weighted by Gasteiger charge is -2.11. The van der Waals surface area contributed by atoms with E-state index in [9.17, 15) is 9.59 Å². The summed E-state index contributed by atoms with van der Waals surface area (Å²) in [4.78, 5) is 24.0. The highest BCUT2D eigenvalue weighted by Crippen LogP contribution is 2.22. The first-order valence-electron chi connectivity index (χ1n) is 6.67. The van der Waals surface area contributed by atoms with Crippen molar-refractivity contribution in [1.29, 1.82) is 0 Å². The summed E-state index contributed by atoms with van der Waals surface area (Å²) in [5.41, 5.74) is 5.85. The van der Waals surface area contributed by atoms with Crippen LogP contribution < -0.4 is 15.6 Å². The number of carbonyl (C=O) groups excluding carboxylic acids is 2. The molecule has 2 N–H and O–H groups in total. The van der Waals surface area contributed by atoms with Gasteiger partial charge in [-0.1, -0.05) is 39.7 Å². The Morgan fingerprint density at radius 1 is 1.13 bits per heavy atom. The van der Waals surface area contributed by atoms with Crippen molar-refractivity contribution in [2.24, 2.45) is 0 Å². The van der Waals surface area contributed by atoms with E-state index >= 15 is 0 Å². The third-order valence-electron chi connectivity index (χ3n) is 3.00. The Morgan fingerprint density at radius 3 is 2.48 bits per heavy atom. The minimum atomic E-state index is -0.465. The summed E-state index contributed by atoms with van der Waals surface area (Å²) in [5.74, 6) is -0.389. The fraction of sp³-hybridized carbons (Fsp3) is 0.125. The maximum absolute atomic E-state index is 12.1. The number of halogens is 2. The monoisotopic (exact) mass is 396 g/mol. The first-order valence-corrected chi connectivity index (χ1v) is 7.84. The molecule has 0 aliphatic heterocycles. The van der Waals surface area contributed by atoms with Crippen LogP contribution in [0.25, 0.3) is 0 Å². The normalized spacial score (nSPS) is 10.0. The average molecular weight is 398 g/mol. The summed E-state index contributed by atoms with van der Waals surface area (Å²) in [6.07, 6.45) is 0.132. The van der Waals surface area contributed by atoms with Gasteiger partial charge in [0.05, 0.1) is 19.1 Å². The van der Waals surface area contributed by atoms with E-state index in [0.29, 0.717) is 16.3 Å². The van der Waals surface area contributed by atoms with Gasteiger partial charge in [-0.15, -0.1) is 0 Å². The van der Waals surface area contributed by atoms with Crippen LogP contribution in [0, 0.1) is 0 Å². The molecular weight excluding hydrogens is 384 g/mol. The summed E-state index contributed by atoms with van der Waals surface area (Å²) in [6, 6.07) is 11.9. The summed E-state index contributed by atoms with van der Waals surface area (Å²) < 4.78 is 5.86. The third kappa shape index (κ3) is 4.97. The van der Waals surface area contributed by atoms with E-state index in [-0.39, 0.29) is 12.3 Å². The van der Waals surface area contributed by atoms with Crippen LogP contribution in [0.15, 0.2) is 46.9 Å². The van der Waals surface area contributed by atoms with Gasteiger partial charge >= 0.3 is 0 Å². The van der Waals surface area contributed by atoms with Crippen LogP contribution in [-0.2, 0) is 11.2 Å². The number of benzene rings is 2. The minimum Gasteiger partial charge on any atom is -0.496 e. The van der Waals surface area contributed by atoms with Gasteiger partial charge in [0.15, 0.2) is 0 Å². The lowest BCUT2D eigenvalue weighted by molar-refractivity contribution is -0.121. The first kappa shape index (κ1) is 17.3. The van der Waals surface area contributed by atoms with Gasteiger partial charge in [0.2, 0.25) is 5.91 Å². The van der Waals surface area contributed by atoms with Crippen LogP contribution in [-0.4, -0.2) is 18.9 Å². The second kappa shape index (κ2) is 7.99. The number of nitrogens with one attached hydrogen (secondary N) is 2. The molecule has 0 heterocycles. The van der Waals surface area contributed by atoms with Crippen molar-refractivity contribution in [3.8, 4) is 5.75 Å². The zero-order chi connectivity index (χ0) is 16.8. The Hall–Kier alpha value is -2.05. The van der Waals surface area contributed by atoms with Crippen LogP contribution in [0.3, 0.4) is 0 Å². The maximum atomic E-state index is 12.1. The van der Waals surface area contributed by atoms with Crippen LogP contribution >= 0.6 is 27.5 Å². The van der Waals surface area contributed by atoms with Gasteiger partial charge in [0.1, 0.15) is 5.75 Å². The molecule has 0 saturated carbocycles. The number of methoxy groups -OCH3 is 1. The Bertz CT molecular complexity index is 720. The number of hydrogen-bond donors (Lipinski definition) is 2. The van der Waals surface area contributed by atoms with E-state index in [1.54, 1.807) is 42.5 Å². The van der Waals surface area contributed by atoms with Crippen molar-refractivity contribution in [2.75, 3.05) is 7.11 Å². The molecule has 5 nitrogen and oxygen atoms in total. The van der Waals surface area contributed by atoms with Crippen molar-refractivity contribution in [3.63, 3.8) is 0 Å². The minimum absolute atomic E-state index is 0.132. The van der Waals surface area contributed by atoms with E-state index in [1.165, 1.54) is 7.11 Å². The predicted octanol–water partition coefficient (Wildman–Crippen LogP) is 3.11. The molecule has 0 aliphatic carbocycles. The van der Waals surface area contributed by atoms with Gasteiger partial charge in [0, 0.05) is 9.50 Å². The quantitative estimate of drug-likeness (QED) is 0.779. The third-order valence-corrected chi connectivity index (χ3v) is 3.74. The molecule has 0 bridgehead atoms. The van der Waals surface area contributed by atoms with Gasteiger partial charge in [-0.3, -0.25) is 20.4 Å². The van der Waals surface area contributed by atoms with E-state index in [2.05, 4.69) is 26.8 Å². The molecule has 0 spiro atoms. The Morgan fingerprint density at radius 2 is 1.83 bits per heavy atom. The summed E-state index contributed by atoms with van der Waals surface area (Å²) >= 11 is 9.08. The number of hydrogen-bond acceptors (Lipinski definition) is 3. The second-order valence-electron chi connectivity index (χ2n) is 4.65. The van der Waals surface area contributed by atoms with Crippen LogP contribution in [0.1, 0.15) is 15.9 Å². The fourth-order valence-electron chi connectivity index (χ4n) is 1.88. The smallest absolute Gasteiger partial charge is 0.273 e. The first-order chi connectivity index (χ1) is 11.0. The number of amides is 2. The molecule has 7 heteroatoms. The van der Waals surface area contributed by atoms with E-state index < -0.39 is 5.91 Å². The van der Waals surface area contributed by atoms with Gasteiger partial charge < -0.3 is 4.74 Å². The highest BCUT2D eigenvalue weighted by molar-refractivity contribution is 9.10. The van der Waals surface area contributed by atoms with Crippen molar-refractivity contribution in [1.82, 2.24) is 10.9 Å². The Balaban J connectivity index is 1.95. The Labute approximate surface area is 147 Å². The summed E-state index contributed by atoms with van der Waals surface area (Å²) in [6.45, 7) is 0. The highest BCUT2D eigenvalue weighted by atomic mass is 79.9. The van der Waals surface area contributed by atoms with Crippen LogP contribution in [0.5, 0.6) is 5.75 Å². The highest BCUT2D eigenvalue weighted by Gasteiger charge is 2.13. The molecule has 2 aromatic carbocycles. The molecule has 0 aliphatic rings. The molecule has 0 saturated heterocycles. The van der Waals surface area contributed by atoms with E-state index in [1.807, 2.05) is 0 Å². The largest absolute Gasteiger partial charge is 0.496 e. The van der Waals surface area contributed by atoms with Gasteiger partial charge in [0.25, 0.3) is 5.91 Å². The van der Waals surface area contributed by atoms with Crippen LogP contribution in [0.2, 0.25) is 5.02 Å². The molecule has 0 unspecified atom stereocenters. The second-order valence-corrected chi connectivity index (χ2v) is 6.00. The predicted molar refractivity (Wildman–Crippen MR) is 91.5 cm³/mol. The molecule has 0 fully saturated rings. The molecule has 2 amide bonds. The molecule has 2 rings (SSSR count). The number of ether oxygens (including phenoxy) is 1. The SMILES string of the molecule is COc1ccc(Br)cc1C(=O)NNC(=O)Cc1ccc(Cl)cc1. The van der Waals surface area contributed by atoms with Crippen molar-refractivity contribution < 1.29 is 14.3 Å². The summed E-state index contributed by atoms with van der Waals surface area (Å²) in [7, 11) is 1.47. The van der Waals surface area contributed by atoms with E-state index in [0.717, 1.165) is 10.0 Å². The lowest BCUT2D eigenvalue weighted by atomic mass is 10.1. The average Bonchev–Trinajstić information content (AvgIpc) is 2.54. The molecule has 2 aromatic rings. The number of rotatable bonds is 4. The van der Waals surface area contributed by atoms with Crippen molar-refractivity contribution in [2.45, 2.75) is 6.42 Å². The molecule has 0 aromatic heterocycles. The van der Waals surface area contributed by atoms with Gasteiger partial charge in [-0.2, -0.15) is 0 Å². The van der Waals surface area contributed by atoms with Crippen LogP contribution in [0.4, 0.5) is 0 Å². The fourth-order valence-corrected chi connectivity index (χ4v) is 2.37. The molecular formula is C16H14BrClN2O3. The zero-order valence-electron chi connectivity index (χ0n) is 12.2. The maximum Gasteiger partial charge on any atom is 0.273 e. The molecule has 23 heavy (non-hydrogen) atoms. The van der Waals surface area contributed by atoms with Crippen molar-refractivity contribution in [3.05, 3.63) is 63.1 Å². The van der Waals surface area contributed by atoms with E-state index in [4.69, 9.17) is 16.3 Å². The molecule has 0 atom stereocenters. The summed E-state index contributed by atoms with van der Waals surface area (Å²) in [5, 5.41) is 0.601. The Kier molecular flexibility index (Phi) is 6.01. The molecule has 0 radical (unpaired) electrons. The van der Waals surface area contributed by atoms with Gasteiger partial charge in [-0.05, 0) is 35.9 Å². The standard InChI is InChI=1S/C16H14BrClN2O3/c1-23-14-7-4-11(17)9-13(14)16(22)20-19-15(21)8-10-2-5-12(18)6-3-10/h2-7,9H,8H2,1H3,(H,19,21)(H,20,22). The zero-order valence-corrected chi connectivity index (χ0v) is 14.6. The van der Waals surface area contributed by atoms with Gasteiger partial charge in [-0.25, -0.2) is 0 Å².